The van der Waals surface area contributed by atoms with Crippen molar-refractivity contribution in [2.24, 2.45) is 11.8 Å². The molecular formula is C43H50F4N5O8PS. The van der Waals surface area contributed by atoms with Gasteiger partial charge in [0.25, 0.3) is 5.91 Å². The van der Waals surface area contributed by atoms with Gasteiger partial charge >= 0.3 is 19.7 Å². The van der Waals surface area contributed by atoms with Gasteiger partial charge in [-0.25, -0.2) is 9.48 Å². The number of fused-ring (bicyclic) bond motifs is 2. The Kier molecular flexibility index (Phi) is 13.8. The lowest BCUT2D eigenvalue weighted by Crippen LogP contribution is -2.55. The summed E-state index contributed by atoms with van der Waals surface area (Å²) in [5, 5.41) is 15.6. The maximum absolute atomic E-state index is 16.1. The van der Waals surface area contributed by atoms with E-state index < -0.39 is 61.6 Å². The first-order valence-electron chi connectivity index (χ1n) is 20.9. The number of nitriles is 1. The molecule has 1 aromatic heterocycles. The molecule has 1 spiro atoms. The molecular weight excluding hydrogens is 854 g/mol. The molecule has 3 saturated heterocycles. The van der Waals surface area contributed by atoms with Crippen LogP contribution in [0.15, 0.2) is 54.6 Å². The summed E-state index contributed by atoms with van der Waals surface area (Å²) in [6.45, 7) is -0.657. The van der Waals surface area contributed by atoms with Gasteiger partial charge in [0.15, 0.2) is 6.61 Å². The summed E-state index contributed by atoms with van der Waals surface area (Å²) in [5.41, 5.74) is 0.173. The zero-order valence-corrected chi connectivity index (χ0v) is 36.1. The van der Waals surface area contributed by atoms with Crippen LogP contribution in [0.5, 0.6) is 0 Å². The van der Waals surface area contributed by atoms with E-state index in [1.807, 2.05) is 35.2 Å². The molecule has 62 heavy (non-hydrogen) atoms. The SMILES string of the molecule is COCCOC(=O)[C@H](C)NP(=O)(OCC(F)(F)F)[C@@H](F)c1ccc2sc(C(=O)NCC3CCCC[C@H]4CC[C@@H](C(=O)N5C[C@@H](c6ccccc6)[C@H](C#N)C56CC6)N4C3=O)cc2c1. The molecule has 2 aromatic carbocycles. The second-order valence-electron chi connectivity index (χ2n) is 16.6. The number of carbonyl (C=O) groups is 4. The Morgan fingerprint density at radius 1 is 1.05 bits per heavy atom. The van der Waals surface area contributed by atoms with Crippen LogP contribution in [0.1, 0.15) is 90.9 Å². The highest BCUT2D eigenvalue weighted by atomic mass is 32.1. The normalized spacial score (nSPS) is 25.3. The number of halogens is 4. The highest BCUT2D eigenvalue weighted by Gasteiger charge is 2.64. The van der Waals surface area contributed by atoms with Crippen molar-refractivity contribution in [1.29, 1.82) is 5.26 Å². The van der Waals surface area contributed by atoms with Crippen LogP contribution in [-0.2, 0) is 32.9 Å². The minimum Gasteiger partial charge on any atom is -0.462 e. The molecule has 2 unspecified atom stereocenters. The molecule has 3 aromatic rings. The maximum atomic E-state index is 16.1. The first-order chi connectivity index (χ1) is 29.6. The molecule has 4 heterocycles. The van der Waals surface area contributed by atoms with Gasteiger partial charge in [0.2, 0.25) is 17.7 Å². The van der Waals surface area contributed by atoms with Crippen molar-refractivity contribution in [3.8, 4) is 6.07 Å². The van der Waals surface area contributed by atoms with Crippen LogP contribution in [0.3, 0.4) is 0 Å². The summed E-state index contributed by atoms with van der Waals surface area (Å²) in [4.78, 5) is 58.8. The minimum atomic E-state index is -5.07. The van der Waals surface area contributed by atoms with Crippen molar-refractivity contribution in [2.45, 2.75) is 100.0 Å². The van der Waals surface area contributed by atoms with Gasteiger partial charge in [-0.05, 0) is 80.2 Å². The Bertz CT molecular complexity index is 2240. The fraction of sp³-hybridized carbons (Fsp3) is 0.558. The number of benzene rings is 2. The summed E-state index contributed by atoms with van der Waals surface area (Å²) in [6, 6.07) is 15.4. The van der Waals surface area contributed by atoms with E-state index in [1.54, 1.807) is 4.90 Å². The van der Waals surface area contributed by atoms with Crippen LogP contribution in [0.4, 0.5) is 17.6 Å². The predicted octanol–water partition coefficient (Wildman–Crippen LogP) is 7.39. The number of alkyl halides is 4. The van der Waals surface area contributed by atoms with Crippen LogP contribution in [0.25, 0.3) is 10.1 Å². The third kappa shape index (κ3) is 9.57. The summed E-state index contributed by atoms with van der Waals surface area (Å²) in [5.74, 6) is -5.53. The number of amides is 3. The summed E-state index contributed by atoms with van der Waals surface area (Å²) < 4.78 is 84.2. The fourth-order valence-electron chi connectivity index (χ4n) is 9.30. The molecule has 3 amide bonds. The van der Waals surface area contributed by atoms with Crippen LogP contribution in [0.2, 0.25) is 0 Å². The molecule has 4 fully saturated rings. The lowest BCUT2D eigenvalue weighted by atomic mass is 9.85. The van der Waals surface area contributed by atoms with Crippen LogP contribution < -0.4 is 10.4 Å². The lowest BCUT2D eigenvalue weighted by Gasteiger charge is -2.37. The monoisotopic (exact) mass is 903 g/mol. The number of rotatable bonds is 15. The molecule has 334 valence electrons. The molecule has 4 aliphatic rings. The number of ether oxygens (including phenoxy) is 2. The Hall–Kier alpha value is -4.40. The number of methoxy groups -OCH3 is 1. The smallest absolute Gasteiger partial charge is 0.412 e. The number of hydrogen-bond donors (Lipinski definition) is 2. The maximum Gasteiger partial charge on any atom is 0.412 e. The van der Waals surface area contributed by atoms with Gasteiger partial charge in [-0.2, -0.15) is 18.4 Å². The van der Waals surface area contributed by atoms with Gasteiger partial charge in [-0.1, -0.05) is 49.2 Å². The summed E-state index contributed by atoms with van der Waals surface area (Å²) in [7, 11) is -3.71. The van der Waals surface area contributed by atoms with E-state index >= 15 is 4.39 Å². The van der Waals surface area contributed by atoms with Crippen molar-refractivity contribution in [1.82, 2.24) is 20.2 Å². The largest absolute Gasteiger partial charge is 0.462 e. The average molecular weight is 904 g/mol. The molecule has 7 rings (SSSR count). The van der Waals surface area contributed by atoms with E-state index in [0.29, 0.717) is 35.9 Å². The van der Waals surface area contributed by atoms with Crippen molar-refractivity contribution in [3.63, 3.8) is 0 Å². The zero-order chi connectivity index (χ0) is 44.4. The van der Waals surface area contributed by atoms with Crippen molar-refractivity contribution in [3.05, 3.63) is 70.6 Å². The number of esters is 1. The van der Waals surface area contributed by atoms with Crippen molar-refractivity contribution in [2.75, 3.05) is 40.0 Å². The highest BCUT2D eigenvalue weighted by molar-refractivity contribution is 7.57. The Labute approximate surface area is 360 Å². The van der Waals surface area contributed by atoms with Crippen LogP contribution in [-0.4, -0.2) is 103 Å². The second-order valence-corrected chi connectivity index (χ2v) is 19.8. The van der Waals surface area contributed by atoms with Gasteiger partial charge in [0.1, 0.15) is 18.7 Å². The Balaban J connectivity index is 1.03. The number of likely N-dealkylation sites (tertiary alicyclic amines) is 1. The first kappa shape index (κ1) is 45.6. The van der Waals surface area contributed by atoms with E-state index in [0.717, 1.165) is 55.9 Å². The average Bonchev–Trinajstić information content (AvgIpc) is 3.58. The molecule has 3 aliphatic heterocycles. The molecule has 13 nitrogen and oxygen atoms in total. The van der Waals surface area contributed by atoms with Gasteiger partial charge < -0.3 is 29.1 Å². The van der Waals surface area contributed by atoms with Gasteiger partial charge in [-0.3, -0.25) is 23.7 Å². The highest BCUT2D eigenvalue weighted by Crippen LogP contribution is 2.60. The van der Waals surface area contributed by atoms with Crippen molar-refractivity contribution >= 4 is 52.6 Å². The zero-order valence-electron chi connectivity index (χ0n) is 34.4. The minimum absolute atomic E-state index is 0.00552. The first-order valence-corrected chi connectivity index (χ1v) is 23.4. The number of hydrogen-bond acceptors (Lipinski definition) is 10. The van der Waals surface area contributed by atoms with E-state index in [-0.39, 0.29) is 59.9 Å². The molecule has 0 bridgehead atoms. The Morgan fingerprint density at radius 3 is 2.48 bits per heavy atom. The van der Waals surface area contributed by atoms with Crippen LogP contribution in [0, 0.1) is 23.2 Å². The van der Waals surface area contributed by atoms with Crippen molar-refractivity contribution < 1.29 is 55.3 Å². The fourth-order valence-corrected chi connectivity index (χ4v) is 12.1. The number of thiophene rings is 1. The molecule has 0 radical (unpaired) electrons. The van der Waals surface area contributed by atoms with E-state index in [1.165, 1.54) is 31.4 Å². The summed E-state index contributed by atoms with van der Waals surface area (Å²) >= 11 is 1.07. The van der Waals surface area contributed by atoms with E-state index in [2.05, 4.69) is 21.0 Å². The standard InChI is InChI=1S/C43H50F4N5O8PS/c1-26(41(56)59-19-18-58-2)50-61(57,60-25-43(45,46)47)37(44)28-12-15-35-30(20-28)21-36(62-35)38(53)49-23-29-10-6-7-11-31-13-14-34(52(31)39(29)54)40(55)51-24-32(27-8-4-3-5-9-27)33(22-48)42(51)16-17-42/h3-5,8-9,12,15,20-21,26,29,31-34,37H,6-7,10-11,13-14,16-19,23-25H2,1-2H3,(H,49,53)(H,50,57)/t26-,29?,31-,32-,33-,34-,37+,61?/m0/s1. The van der Waals surface area contributed by atoms with Crippen LogP contribution >= 0.6 is 18.9 Å². The molecule has 8 atom stereocenters. The van der Waals surface area contributed by atoms with E-state index in [4.69, 9.17) is 9.47 Å². The van der Waals surface area contributed by atoms with Gasteiger partial charge in [0.05, 0.1) is 34.9 Å². The van der Waals surface area contributed by atoms with Gasteiger partial charge in [-0.15, -0.1) is 11.3 Å². The molecule has 1 aliphatic carbocycles. The quantitative estimate of drug-likeness (QED) is 0.0680. The number of nitrogens with zero attached hydrogens (tertiary/aromatic N) is 3. The third-order valence-electron chi connectivity index (χ3n) is 12.6. The number of carbonyl (C=O) groups excluding carboxylic acids is 4. The molecule has 19 heteroatoms. The third-order valence-corrected chi connectivity index (χ3v) is 15.8. The predicted molar refractivity (Wildman–Crippen MR) is 221 cm³/mol. The number of nitrogens with one attached hydrogen (secondary N) is 2. The second kappa shape index (κ2) is 18.8. The lowest BCUT2D eigenvalue weighted by molar-refractivity contribution is -0.154. The Morgan fingerprint density at radius 2 is 1.79 bits per heavy atom. The molecule has 1 saturated carbocycles. The van der Waals surface area contributed by atoms with E-state index in [9.17, 15) is 42.2 Å². The topological polar surface area (TPSA) is 167 Å². The molecule has 2 N–H and O–H groups in total. The van der Waals surface area contributed by atoms with Gasteiger partial charge in [0, 0.05) is 36.9 Å². The summed E-state index contributed by atoms with van der Waals surface area (Å²) in [6.07, 6.45) is 0.646.